The zero-order valence-corrected chi connectivity index (χ0v) is 10.5. The van der Waals surface area contributed by atoms with Crippen molar-refractivity contribution in [1.82, 2.24) is 4.57 Å². The highest BCUT2D eigenvalue weighted by Crippen LogP contribution is 2.29. The first-order valence-corrected chi connectivity index (χ1v) is 5.50. The molecule has 0 atom stereocenters. The third-order valence-corrected chi connectivity index (χ3v) is 3.29. The highest BCUT2D eigenvalue weighted by atomic mass is 16.1. The lowest BCUT2D eigenvalue weighted by Gasteiger charge is -2.02. The molecule has 16 heavy (non-hydrogen) atoms. The summed E-state index contributed by atoms with van der Waals surface area (Å²) in [5.41, 5.74) is 5.50. The van der Waals surface area contributed by atoms with Gasteiger partial charge in [0.2, 0.25) is 0 Å². The van der Waals surface area contributed by atoms with E-state index in [-0.39, 0.29) is 5.78 Å². The SMILES string of the molecule is CC(=O)c1c(C)n(C)c2cc(C)cc(C)c12. The van der Waals surface area contributed by atoms with Gasteiger partial charge in [-0.15, -0.1) is 0 Å². The van der Waals surface area contributed by atoms with Crippen LogP contribution >= 0.6 is 0 Å². The summed E-state index contributed by atoms with van der Waals surface area (Å²) in [7, 11) is 2.02. The van der Waals surface area contributed by atoms with Crippen LogP contribution in [-0.2, 0) is 7.05 Å². The van der Waals surface area contributed by atoms with Crippen molar-refractivity contribution >= 4 is 16.7 Å². The minimum atomic E-state index is 0.148. The maximum atomic E-state index is 11.7. The Hall–Kier alpha value is -1.57. The van der Waals surface area contributed by atoms with Crippen LogP contribution in [0.25, 0.3) is 10.9 Å². The molecule has 0 amide bonds. The van der Waals surface area contributed by atoms with Gasteiger partial charge in [0.25, 0.3) is 0 Å². The fourth-order valence-corrected chi connectivity index (χ4v) is 2.50. The summed E-state index contributed by atoms with van der Waals surface area (Å²) < 4.78 is 2.10. The van der Waals surface area contributed by atoms with E-state index in [1.165, 1.54) is 11.1 Å². The van der Waals surface area contributed by atoms with Gasteiger partial charge >= 0.3 is 0 Å². The second-order valence-corrected chi connectivity index (χ2v) is 4.55. The van der Waals surface area contributed by atoms with Crippen molar-refractivity contribution in [2.75, 3.05) is 0 Å². The average Bonchev–Trinajstić information content (AvgIpc) is 2.42. The number of hydrogen-bond donors (Lipinski definition) is 0. The van der Waals surface area contributed by atoms with Gasteiger partial charge in [0, 0.05) is 29.2 Å². The molecule has 0 aliphatic carbocycles. The summed E-state index contributed by atoms with van der Waals surface area (Å²) in [6, 6.07) is 4.27. The lowest BCUT2D eigenvalue weighted by Crippen LogP contribution is -1.96. The van der Waals surface area contributed by atoms with E-state index in [9.17, 15) is 4.79 Å². The van der Waals surface area contributed by atoms with Gasteiger partial charge in [-0.2, -0.15) is 0 Å². The number of carbonyl (C=O) groups is 1. The number of nitrogens with zero attached hydrogens (tertiary/aromatic N) is 1. The molecule has 0 fully saturated rings. The zero-order valence-electron chi connectivity index (χ0n) is 10.5. The Bertz CT molecular complexity index is 591. The maximum absolute atomic E-state index is 11.7. The molecular formula is C14H17NO. The predicted octanol–water partition coefficient (Wildman–Crippen LogP) is 3.31. The van der Waals surface area contributed by atoms with E-state index in [0.29, 0.717) is 0 Å². The molecule has 2 nitrogen and oxygen atoms in total. The Balaban J connectivity index is 3.02. The van der Waals surface area contributed by atoms with Gasteiger partial charge in [0.1, 0.15) is 0 Å². The Kier molecular flexibility index (Phi) is 2.38. The van der Waals surface area contributed by atoms with E-state index in [1.54, 1.807) is 6.92 Å². The van der Waals surface area contributed by atoms with Crippen molar-refractivity contribution in [2.24, 2.45) is 7.05 Å². The number of carbonyl (C=O) groups excluding carboxylic acids is 1. The van der Waals surface area contributed by atoms with Crippen molar-refractivity contribution in [3.8, 4) is 0 Å². The molecule has 0 radical (unpaired) electrons. The summed E-state index contributed by atoms with van der Waals surface area (Å²) in [5, 5.41) is 1.11. The van der Waals surface area contributed by atoms with E-state index < -0.39 is 0 Å². The number of rotatable bonds is 1. The van der Waals surface area contributed by atoms with Gasteiger partial charge in [0.05, 0.1) is 0 Å². The monoisotopic (exact) mass is 215 g/mol. The number of aryl methyl sites for hydroxylation is 3. The van der Waals surface area contributed by atoms with Gasteiger partial charge in [-0.05, 0) is 44.9 Å². The van der Waals surface area contributed by atoms with Crippen LogP contribution in [0.1, 0.15) is 34.1 Å². The number of Topliss-reactive ketones (excluding diaryl/α,β-unsaturated/α-hetero) is 1. The fourth-order valence-electron chi connectivity index (χ4n) is 2.50. The molecule has 1 heterocycles. The fraction of sp³-hybridized carbons (Fsp3) is 0.357. The molecule has 0 N–H and O–H groups in total. The Morgan fingerprint density at radius 1 is 1.19 bits per heavy atom. The first kappa shape index (κ1) is 10.9. The van der Waals surface area contributed by atoms with Gasteiger partial charge in [-0.1, -0.05) is 6.07 Å². The van der Waals surface area contributed by atoms with E-state index in [1.807, 2.05) is 14.0 Å². The number of fused-ring (bicyclic) bond motifs is 1. The quantitative estimate of drug-likeness (QED) is 0.669. The lowest BCUT2D eigenvalue weighted by molar-refractivity contribution is 0.101. The van der Waals surface area contributed by atoms with Crippen LogP contribution in [-0.4, -0.2) is 10.4 Å². The van der Waals surface area contributed by atoms with Gasteiger partial charge in [0.15, 0.2) is 5.78 Å². The van der Waals surface area contributed by atoms with Crippen LogP contribution in [0.3, 0.4) is 0 Å². The second kappa shape index (κ2) is 3.48. The highest BCUT2D eigenvalue weighted by molar-refractivity contribution is 6.09. The first-order valence-electron chi connectivity index (χ1n) is 5.50. The number of hydrogen-bond acceptors (Lipinski definition) is 1. The minimum absolute atomic E-state index is 0.148. The second-order valence-electron chi connectivity index (χ2n) is 4.55. The van der Waals surface area contributed by atoms with Gasteiger partial charge < -0.3 is 4.57 Å². The molecule has 1 aromatic carbocycles. The molecule has 0 spiro atoms. The van der Waals surface area contributed by atoms with Crippen LogP contribution in [0, 0.1) is 20.8 Å². The number of ketones is 1. The summed E-state index contributed by atoms with van der Waals surface area (Å²) in [6.45, 7) is 7.80. The molecular weight excluding hydrogens is 198 g/mol. The molecule has 0 unspecified atom stereocenters. The smallest absolute Gasteiger partial charge is 0.162 e. The third-order valence-electron chi connectivity index (χ3n) is 3.29. The predicted molar refractivity (Wildman–Crippen MR) is 67.1 cm³/mol. The molecule has 0 saturated heterocycles. The lowest BCUT2D eigenvalue weighted by atomic mass is 10.0. The third kappa shape index (κ3) is 1.37. The van der Waals surface area contributed by atoms with Crippen molar-refractivity contribution in [3.63, 3.8) is 0 Å². The van der Waals surface area contributed by atoms with Crippen LogP contribution in [0.4, 0.5) is 0 Å². The number of benzene rings is 1. The van der Waals surface area contributed by atoms with E-state index in [2.05, 4.69) is 30.5 Å². The molecule has 2 rings (SSSR count). The Morgan fingerprint density at radius 2 is 1.81 bits per heavy atom. The van der Waals surface area contributed by atoms with Crippen molar-refractivity contribution in [3.05, 3.63) is 34.5 Å². The molecule has 0 saturated carbocycles. The first-order chi connectivity index (χ1) is 7.43. The van der Waals surface area contributed by atoms with Crippen LogP contribution in [0.2, 0.25) is 0 Å². The van der Waals surface area contributed by atoms with Crippen molar-refractivity contribution in [1.29, 1.82) is 0 Å². The number of aromatic nitrogens is 1. The molecule has 84 valence electrons. The summed E-state index contributed by atoms with van der Waals surface area (Å²) >= 11 is 0. The molecule has 2 heteroatoms. The summed E-state index contributed by atoms with van der Waals surface area (Å²) in [4.78, 5) is 11.7. The van der Waals surface area contributed by atoms with Crippen LogP contribution in [0.15, 0.2) is 12.1 Å². The Labute approximate surface area is 95.9 Å². The molecule has 2 aromatic rings. The largest absolute Gasteiger partial charge is 0.347 e. The molecule has 1 aromatic heterocycles. The van der Waals surface area contributed by atoms with E-state index in [0.717, 1.165) is 22.2 Å². The van der Waals surface area contributed by atoms with E-state index >= 15 is 0 Å². The topological polar surface area (TPSA) is 22.0 Å². The van der Waals surface area contributed by atoms with E-state index in [4.69, 9.17) is 0 Å². The summed E-state index contributed by atoms with van der Waals surface area (Å²) in [6.07, 6.45) is 0. The molecule has 0 aliphatic heterocycles. The molecule has 0 bridgehead atoms. The average molecular weight is 215 g/mol. The van der Waals surface area contributed by atoms with Gasteiger partial charge in [-0.25, -0.2) is 0 Å². The highest BCUT2D eigenvalue weighted by Gasteiger charge is 2.17. The zero-order chi connectivity index (χ0) is 12.0. The maximum Gasteiger partial charge on any atom is 0.162 e. The van der Waals surface area contributed by atoms with Gasteiger partial charge in [-0.3, -0.25) is 4.79 Å². The minimum Gasteiger partial charge on any atom is -0.347 e. The standard InChI is InChI=1S/C14H17NO/c1-8-6-9(2)13-12(7-8)15(5)10(3)14(13)11(4)16/h6-7H,1-5H3. The summed E-state index contributed by atoms with van der Waals surface area (Å²) in [5.74, 6) is 0.148. The Morgan fingerprint density at radius 3 is 2.38 bits per heavy atom. The van der Waals surface area contributed by atoms with Crippen LogP contribution < -0.4 is 0 Å². The molecule has 0 aliphatic rings. The van der Waals surface area contributed by atoms with Crippen LogP contribution in [0.5, 0.6) is 0 Å². The van der Waals surface area contributed by atoms with Crippen molar-refractivity contribution < 1.29 is 4.79 Å². The van der Waals surface area contributed by atoms with Crippen molar-refractivity contribution in [2.45, 2.75) is 27.7 Å². The normalized spacial score (nSPS) is 11.1.